The maximum Gasteiger partial charge on any atom is 0.309 e. The number of hydrogen-bond acceptors (Lipinski definition) is 3. The number of rotatable bonds is 3. The van der Waals surface area contributed by atoms with Gasteiger partial charge in [-0.15, -0.1) is 0 Å². The second-order valence-electron chi connectivity index (χ2n) is 5.54. The van der Waals surface area contributed by atoms with Gasteiger partial charge in [0.05, 0.1) is 5.41 Å². The van der Waals surface area contributed by atoms with Gasteiger partial charge in [0.1, 0.15) is 0 Å². The van der Waals surface area contributed by atoms with Crippen molar-refractivity contribution in [1.29, 1.82) is 0 Å². The van der Waals surface area contributed by atoms with Crippen LogP contribution >= 0.6 is 0 Å². The summed E-state index contributed by atoms with van der Waals surface area (Å²) in [7, 11) is 0. The zero-order valence-electron chi connectivity index (χ0n) is 11.2. The number of carboxylic acids is 1. The van der Waals surface area contributed by atoms with E-state index in [2.05, 4.69) is 4.98 Å². The van der Waals surface area contributed by atoms with Crippen LogP contribution in [0, 0.1) is 5.41 Å². The van der Waals surface area contributed by atoms with Crippen molar-refractivity contribution in [1.82, 2.24) is 9.88 Å². The van der Waals surface area contributed by atoms with Gasteiger partial charge < -0.3 is 10.0 Å². The summed E-state index contributed by atoms with van der Waals surface area (Å²) in [6.07, 6.45) is 2.51. The Hall–Kier alpha value is -1.91. The first-order valence-corrected chi connectivity index (χ1v) is 6.34. The van der Waals surface area contributed by atoms with E-state index in [0.717, 1.165) is 17.7 Å². The highest BCUT2D eigenvalue weighted by Gasteiger charge is 2.33. The number of carbonyl (C=O) groups is 2. The smallest absolute Gasteiger partial charge is 0.309 e. The predicted octanol–water partition coefficient (Wildman–Crippen LogP) is 1.47. The predicted molar refractivity (Wildman–Crippen MR) is 69.4 cm³/mol. The Labute approximate surface area is 112 Å². The van der Waals surface area contributed by atoms with Crippen LogP contribution in [-0.4, -0.2) is 33.4 Å². The van der Waals surface area contributed by atoms with Gasteiger partial charge in [-0.1, -0.05) is 6.07 Å². The molecule has 1 aliphatic rings. The minimum Gasteiger partial charge on any atom is -0.481 e. The minimum absolute atomic E-state index is 0.0257. The Kier molecular flexibility index (Phi) is 3.55. The molecule has 2 heterocycles. The Morgan fingerprint density at radius 3 is 2.89 bits per heavy atom. The Morgan fingerprint density at radius 2 is 2.21 bits per heavy atom. The normalized spacial score (nSPS) is 14.9. The van der Waals surface area contributed by atoms with Gasteiger partial charge in [0.2, 0.25) is 5.91 Å². The van der Waals surface area contributed by atoms with Crippen LogP contribution in [-0.2, 0) is 22.6 Å². The monoisotopic (exact) mass is 262 g/mol. The van der Waals surface area contributed by atoms with Gasteiger partial charge in [-0.25, -0.2) is 0 Å². The molecule has 1 aromatic heterocycles. The fraction of sp³-hybridized carbons (Fsp3) is 0.500. The summed E-state index contributed by atoms with van der Waals surface area (Å²) in [6.45, 7) is 4.29. The van der Waals surface area contributed by atoms with Crippen LogP contribution in [0.2, 0.25) is 0 Å². The zero-order chi connectivity index (χ0) is 14.0. The standard InChI is InChI=1S/C14H18N2O3/c1-14(2,13(18)19)8-12(17)16-7-5-11-10(9-16)4-3-6-15-11/h3-4,6H,5,7-9H2,1-2H3,(H,18,19). The number of hydrogen-bond donors (Lipinski definition) is 1. The van der Waals surface area contributed by atoms with Gasteiger partial charge in [-0.3, -0.25) is 14.6 Å². The lowest BCUT2D eigenvalue weighted by atomic mass is 9.88. The number of aromatic nitrogens is 1. The lowest BCUT2D eigenvalue weighted by molar-refractivity contribution is -0.151. The second kappa shape index (κ2) is 4.99. The molecule has 1 aliphatic heterocycles. The number of fused-ring (bicyclic) bond motifs is 1. The molecule has 2 rings (SSSR count). The Morgan fingerprint density at radius 1 is 1.47 bits per heavy atom. The molecule has 0 fully saturated rings. The Bertz CT molecular complexity index is 511. The highest BCUT2D eigenvalue weighted by molar-refractivity contribution is 5.84. The number of nitrogens with zero attached hydrogens (tertiary/aromatic N) is 2. The molecule has 0 unspecified atom stereocenters. The molecule has 102 valence electrons. The van der Waals surface area contributed by atoms with E-state index >= 15 is 0 Å². The number of pyridine rings is 1. The van der Waals surface area contributed by atoms with Crippen molar-refractivity contribution in [2.45, 2.75) is 33.2 Å². The van der Waals surface area contributed by atoms with Gasteiger partial charge in [-0.05, 0) is 25.5 Å². The molecule has 0 aromatic carbocycles. The number of amides is 1. The first kappa shape index (κ1) is 13.5. The van der Waals surface area contributed by atoms with Gasteiger partial charge in [0, 0.05) is 37.8 Å². The highest BCUT2D eigenvalue weighted by atomic mass is 16.4. The van der Waals surface area contributed by atoms with Crippen molar-refractivity contribution in [2.75, 3.05) is 6.54 Å². The van der Waals surface area contributed by atoms with Crippen LogP contribution in [0.4, 0.5) is 0 Å². The van der Waals surface area contributed by atoms with E-state index < -0.39 is 11.4 Å². The summed E-state index contributed by atoms with van der Waals surface area (Å²) < 4.78 is 0. The van der Waals surface area contributed by atoms with Crippen molar-refractivity contribution in [3.05, 3.63) is 29.6 Å². The molecule has 1 aromatic rings. The highest BCUT2D eigenvalue weighted by Crippen LogP contribution is 2.24. The molecule has 0 radical (unpaired) electrons. The molecule has 0 saturated heterocycles. The van der Waals surface area contributed by atoms with E-state index in [9.17, 15) is 9.59 Å². The second-order valence-corrected chi connectivity index (χ2v) is 5.54. The summed E-state index contributed by atoms with van der Waals surface area (Å²) in [5, 5.41) is 9.07. The fourth-order valence-electron chi connectivity index (χ4n) is 2.14. The summed E-state index contributed by atoms with van der Waals surface area (Å²) in [4.78, 5) is 29.2. The quantitative estimate of drug-likeness (QED) is 0.895. The molecule has 1 N–H and O–H groups in total. The molecule has 5 heteroatoms. The fourth-order valence-corrected chi connectivity index (χ4v) is 2.14. The first-order valence-electron chi connectivity index (χ1n) is 6.34. The van der Waals surface area contributed by atoms with Crippen molar-refractivity contribution in [3.8, 4) is 0 Å². The van der Waals surface area contributed by atoms with E-state index in [-0.39, 0.29) is 12.3 Å². The van der Waals surface area contributed by atoms with Crippen LogP contribution in [0.15, 0.2) is 18.3 Å². The molecule has 0 bridgehead atoms. The summed E-state index contributed by atoms with van der Waals surface area (Å²) in [5.74, 6) is -1.05. The van der Waals surface area contributed by atoms with Crippen molar-refractivity contribution in [3.63, 3.8) is 0 Å². The molecule has 1 amide bonds. The van der Waals surface area contributed by atoms with Gasteiger partial charge in [0.15, 0.2) is 0 Å². The van der Waals surface area contributed by atoms with Crippen molar-refractivity contribution >= 4 is 11.9 Å². The average Bonchev–Trinajstić information content (AvgIpc) is 2.37. The van der Waals surface area contributed by atoms with Gasteiger partial charge >= 0.3 is 5.97 Å². The number of carbonyl (C=O) groups excluding carboxylic acids is 1. The molecule has 0 spiro atoms. The summed E-state index contributed by atoms with van der Waals surface area (Å²) in [6, 6.07) is 3.82. The number of carboxylic acid groups (broad SMARTS) is 1. The molecular formula is C14H18N2O3. The van der Waals surface area contributed by atoms with E-state index in [0.29, 0.717) is 13.1 Å². The third kappa shape index (κ3) is 2.92. The van der Waals surface area contributed by atoms with Crippen LogP contribution in [0.5, 0.6) is 0 Å². The zero-order valence-corrected chi connectivity index (χ0v) is 11.2. The van der Waals surface area contributed by atoms with Gasteiger partial charge in [0.25, 0.3) is 0 Å². The van der Waals surface area contributed by atoms with Crippen LogP contribution in [0.25, 0.3) is 0 Å². The maximum absolute atomic E-state index is 12.2. The molecule has 0 saturated carbocycles. The number of aliphatic carboxylic acids is 1. The first-order chi connectivity index (χ1) is 8.90. The lowest BCUT2D eigenvalue weighted by Gasteiger charge is -2.30. The molecule has 0 atom stereocenters. The SMILES string of the molecule is CC(C)(CC(=O)N1CCc2ncccc2C1)C(=O)O. The van der Waals surface area contributed by atoms with Crippen LogP contribution in [0.3, 0.4) is 0 Å². The molecule has 5 nitrogen and oxygen atoms in total. The average molecular weight is 262 g/mol. The lowest BCUT2D eigenvalue weighted by Crippen LogP contribution is -2.40. The summed E-state index contributed by atoms with van der Waals surface area (Å²) >= 11 is 0. The third-order valence-corrected chi connectivity index (χ3v) is 3.49. The van der Waals surface area contributed by atoms with E-state index in [1.165, 1.54) is 0 Å². The molecule has 0 aliphatic carbocycles. The van der Waals surface area contributed by atoms with E-state index in [4.69, 9.17) is 5.11 Å². The van der Waals surface area contributed by atoms with Crippen LogP contribution in [0.1, 0.15) is 31.5 Å². The van der Waals surface area contributed by atoms with Crippen molar-refractivity contribution in [2.24, 2.45) is 5.41 Å². The molecular weight excluding hydrogens is 244 g/mol. The summed E-state index contributed by atoms with van der Waals surface area (Å²) in [5.41, 5.74) is 1.06. The largest absolute Gasteiger partial charge is 0.481 e. The maximum atomic E-state index is 12.2. The molecule has 19 heavy (non-hydrogen) atoms. The van der Waals surface area contributed by atoms with Gasteiger partial charge in [-0.2, -0.15) is 0 Å². The Balaban J connectivity index is 2.05. The van der Waals surface area contributed by atoms with Crippen LogP contribution < -0.4 is 0 Å². The minimum atomic E-state index is -1.02. The van der Waals surface area contributed by atoms with Crippen molar-refractivity contribution < 1.29 is 14.7 Å². The topological polar surface area (TPSA) is 70.5 Å². The third-order valence-electron chi connectivity index (χ3n) is 3.49. The van der Waals surface area contributed by atoms with E-state index in [1.807, 2.05) is 12.1 Å². The van der Waals surface area contributed by atoms with E-state index in [1.54, 1.807) is 24.9 Å².